The fraction of sp³-hybridized carbons (Fsp3) is 0.600. The number of hydrogen-bond acceptors (Lipinski definition) is 4. The van der Waals surface area contributed by atoms with Gasteiger partial charge < -0.3 is 14.9 Å². The summed E-state index contributed by atoms with van der Waals surface area (Å²) in [5.41, 5.74) is 1.15. The van der Waals surface area contributed by atoms with E-state index in [0.717, 1.165) is 37.6 Å². The molecule has 1 atom stereocenters. The summed E-state index contributed by atoms with van der Waals surface area (Å²) in [7, 11) is 4.13. The topological polar surface area (TPSA) is 56.7 Å². The number of pyridine rings is 1. The van der Waals surface area contributed by atoms with Crippen molar-refractivity contribution in [3.63, 3.8) is 0 Å². The Morgan fingerprint density at radius 3 is 2.85 bits per heavy atom. The summed E-state index contributed by atoms with van der Waals surface area (Å²) in [6, 6.07) is 3.32. The van der Waals surface area contributed by atoms with Crippen molar-refractivity contribution in [1.82, 2.24) is 9.88 Å². The van der Waals surface area contributed by atoms with E-state index in [1.54, 1.807) is 12.1 Å². The molecular weight excluding hydrogens is 254 g/mol. The third-order valence-electron chi connectivity index (χ3n) is 3.89. The quantitative estimate of drug-likeness (QED) is 0.888. The highest BCUT2D eigenvalue weighted by Crippen LogP contribution is 2.20. The maximum absolute atomic E-state index is 11.2. The maximum Gasteiger partial charge on any atom is 0.335 e. The summed E-state index contributed by atoms with van der Waals surface area (Å²) < 4.78 is 0. The van der Waals surface area contributed by atoms with Gasteiger partial charge in [-0.1, -0.05) is 6.92 Å². The smallest absolute Gasteiger partial charge is 0.335 e. The van der Waals surface area contributed by atoms with Crippen molar-refractivity contribution in [3.8, 4) is 0 Å². The number of hydrogen-bond donors (Lipinski definition) is 1. The third kappa shape index (κ3) is 3.48. The molecule has 0 spiro atoms. The van der Waals surface area contributed by atoms with Crippen LogP contribution in [0.3, 0.4) is 0 Å². The zero-order valence-electron chi connectivity index (χ0n) is 12.5. The van der Waals surface area contributed by atoms with Crippen LogP contribution in [0.15, 0.2) is 12.1 Å². The van der Waals surface area contributed by atoms with E-state index in [4.69, 9.17) is 0 Å². The van der Waals surface area contributed by atoms with E-state index in [9.17, 15) is 9.90 Å². The SMILES string of the molecule is CCc1cc(C(=O)O)cc(N(C)CC2CCN(C)C2)n1. The molecule has 1 aliphatic rings. The van der Waals surface area contributed by atoms with Gasteiger partial charge in [0, 0.05) is 25.8 Å². The van der Waals surface area contributed by atoms with Crippen LogP contribution in [0, 0.1) is 5.92 Å². The van der Waals surface area contributed by atoms with Gasteiger partial charge in [-0.3, -0.25) is 0 Å². The van der Waals surface area contributed by atoms with Crippen molar-refractivity contribution < 1.29 is 9.90 Å². The lowest BCUT2D eigenvalue weighted by Gasteiger charge is -2.23. The van der Waals surface area contributed by atoms with Crippen LogP contribution < -0.4 is 4.90 Å². The molecular formula is C15H23N3O2. The molecule has 2 rings (SSSR count). The fourth-order valence-electron chi connectivity index (χ4n) is 2.73. The average molecular weight is 277 g/mol. The summed E-state index contributed by atoms with van der Waals surface area (Å²) in [5.74, 6) is 0.499. The van der Waals surface area contributed by atoms with Gasteiger partial charge in [0.1, 0.15) is 5.82 Å². The van der Waals surface area contributed by atoms with Crippen molar-refractivity contribution in [2.45, 2.75) is 19.8 Å². The Morgan fingerprint density at radius 1 is 1.55 bits per heavy atom. The molecule has 0 radical (unpaired) electrons. The Morgan fingerprint density at radius 2 is 2.30 bits per heavy atom. The average Bonchev–Trinajstić information content (AvgIpc) is 2.83. The maximum atomic E-state index is 11.2. The molecule has 1 aromatic rings. The molecule has 0 saturated carbocycles. The predicted octanol–water partition coefficient (Wildman–Crippen LogP) is 1.73. The number of aromatic nitrogens is 1. The second kappa shape index (κ2) is 6.22. The fourth-order valence-corrected chi connectivity index (χ4v) is 2.73. The normalized spacial score (nSPS) is 19.2. The summed E-state index contributed by atoms with van der Waals surface area (Å²) in [4.78, 5) is 20.1. The Balaban J connectivity index is 2.13. The van der Waals surface area contributed by atoms with Crippen molar-refractivity contribution in [3.05, 3.63) is 23.4 Å². The Labute approximate surface area is 120 Å². The van der Waals surface area contributed by atoms with Crippen molar-refractivity contribution in [2.24, 2.45) is 5.92 Å². The Hall–Kier alpha value is -1.62. The molecule has 5 nitrogen and oxygen atoms in total. The number of rotatable bonds is 5. The molecule has 5 heteroatoms. The van der Waals surface area contributed by atoms with Gasteiger partial charge in [0.15, 0.2) is 0 Å². The molecule has 1 unspecified atom stereocenters. The zero-order valence-corrected chi connectivity index (χ0v) is 12.5. The first-order valence-corrected chi connectivity index (χ1v) is 7.13. The number of aromatic carboxylic acids is 1. The van der Waals surface area contributed by atoms with Gasteiger partial charge in [-0.05, 0) is 44.5 Å². The molecule has 110 valence electrons. The van der Waals surface area contributed by atoms with Crippen LogP contribution in [-0.4, -0.2) is 54.7 Å². The Bertz CT molecular complexity index is 490. The number of aryl methyl sites for hydroxylation is 1. The van der Waals surface area contributed by atoms with Crippen LogP contribution in [0.2, 0.25) is 0 Å². The second-order valence-electron chi connectivity index (χ2n) is 5.66. The first kappa shape index (κ1) is 14.8. The van der Waals surface area contributed by atoms with Crippen molar-refractivity contribution in [1.29, 1.82) is 0 Å². The summed E-state index contributed by atoms with van der Waals surface area (Å²) in [6.07, 6.45) is 1.94. The molecule has 2 heterocycles. The highest BCUT2D eigenvalue weighted by molar-refractivity contribution is 5.88. The van der Waals surface area contributed by atoms with Gasteiger partial charge in [-0.2, -0.15) is 0 Å². The highest BCUT2D eigenvalue weighted by atomic mass is 16.4. The van der Waals surface area contributed by atoms with E-state index in [-0.39, 0.29) is 0 Å². The van der Waals surface area contributed by atoms with E-state index in [0.29, 0.717) is 11.5 Å². The standard InChI is InChI=1S/C15H23N3O2/c1-4-13-7-12(15(19)20)8-14(16-13)18(3)10-11-5-6-17(2)9-11/h7-8,11H,4-6,9-10H2,1-3H3,(H,19,20). The lowest BCUT2D eigenvalue weighted by atomic mass is 10.1. The number of carbonyl (C=O) groups is 1. The molecule has 1 fully saturated rings. The van der Waals surface area contributed by atoms with Crippen LogP contribution in [0.5, 0.6) is 0 Å². The van der Waals surface area contributed by atoms with Crippen LogP contribution in [0.1, 0.15) is 29.4 Å². The molecule has 0 aliphatic carbocycles. The lowest BCUT2D eigenvalue weighted by molar-refractivity contribution is 0.0696. The second-order valence-corrected chi connectivity index (χ2v) is 5.66. The van der Waals surface area contributed by atoms with Gasteiger partial charge in [0.25, 0.3) is 0 Å². The number of anilines is 1. The van der Waals surface area contributed by atoms with Gasteiger partial charge in [0.2, 0.25) is 0 Å². The number of likely N-dealkylation sites (tertiary alicyclic amines) is 1. The summed E-state index contributed by atoms with van der Waals surface area (Å²) in [6.45, 7) is 5.15. The van der Waals surface area contributed by atoms with E-state index in [2.05, 4.69) is 21.8 Å². The van der Waals surface area contributed by atoms with Crippen LogP contribution in [-0.2, 0) is 6.42 Å². The van der Waals surface area contributed by atoms with Crippen LogP contribution in [0.25, 0.3) is 0 Å². The first-order valence-electron chi connectivity index (χ1n) is 7.13. The number of nitrogens with zero attached hydrogens (tertiary/aromatic N) is 3. The van der Waals surface area contributed by atoms with Crippen molar-refractivity contribution in [2.75, 3.05) is 38.6 Å². The molecule has 20 heavy (non-hydrogen) atoms. The molecule has 1 aliphatic heterocycles. The molecule has 0 aromatic carbocycles. The molecule has 1 aromatic heterocycles. The molecule has 0 bridgehead atoms. The minimum Gasteiger partial charge on any atom is -0.478 e. The third-order valence-corrected chi connectivity index (χ3v) is 3.89. The highest BCUT2D eigenvalue weighted by Gasteiger charge is 2.21. The van der Waals surface area contributed by atoms with Gasteiger partial charge in [-0.15, -0.1) is 0 Å². The van der Waals surface area contributed by atoms with Crippen molar-refractivity contribution >= 4 is 11.8 Å². The van der Waals surface area contributed by atoms with Crippen LogP contribution in [0.4, 0.5) is 5.82 Å². The summed E-state index contributed by atoms with van der Waals surface area (Å²) >= 11 is 0. The monoisotopic (exact) mass is 277 g/mol. The molecule has 1 N–H and O–H groups in total. The van der Waals surface area contributed by atoms with Gasteiger partial charge in [-0.25, -0.2) is 9.78 Å². The number of carboxylic acids is 1. The Kier molecular flexibility index (Phi) is 4.60. The van der Waals surface area contributed by atoms with E-state index in [1.165, 1.54) is 6.42 Å². The number of carboxylic acid groups (broad SMARTS) is 1. The lowest BCUT2D eigenvalue weighted by Crippen LogP contribution is -2.28. The zero-order chi connectivity index (χ0) is 14.7. The van der Waals surface area contributed by atoms with Gasteiger partial charge in [0.05, 0.1) is 5.56 Å². The largest absolute Gasteiger partial charge is 0.478 e. The van der Waals surface area contributed by atoms with E-state index < -0.39 is 5.97 Å². The van der Waals surface area contributed by atoms with Crippen LogP contribution >= 0.6 is 0 Å². The van der Waals surface area contributed by atoms with Gasteiger partial charge >= 0.3 is 5.97 Å². The van der Waals surface area contributed by atoms with E-state index >= 15 is 0 Å². The predicted molar refractivity (Wildman–Crippen MR) is 79.4 cm³/mol. The first-order chi connectivity index (χ1) is 9.49. The summed E-state index contributed by atoms with van der Waals surface area (Å²) in [5, 5.41) is 9.18. The van der Waals surface area contributed by atoms with E-state index in [1.807, 2.05) is 14.0 Å². The minimum atomic E-state index is -0.891. The molecule has 0 amide bonds. The minimum absolute atomic E-state index is 0.322. The molecule has 1 saturated heterocycles.